The van der Waals surface area contributed by atoms with Crippen molar-refractivity contribution in [2.24, 2.45) is 17.8 Å². The van der Waals surface area contributed by atoms with Crippen LogP contribution in [0.1, 0.15) is 53.4 Å². The molecule has 0 aromatic carbocycles. The molecule has 0 aromatic heterocycles. The second kappa shape index (κ2) is 7.78. The molecule has 1 amide bonds. The van der Waals surface area contributed by atoms with Crippen LogP contribution in [0, 0.1) is 17.8 Å². The van der Waals surface area contributed by atoms with Crippen molar-refractivity contribution in [3.05, 3.63) is 0 Å². The molecule has 1 fully saturated rings. The Balaban J connectivity index is 2.06. The zero-order valence-electron chi connectivity index (χ0n) is 12.5. The van der Waals surface area contributed by atoms with Gasteiger partial charge in [0.1, 0.15) is 0 Å². The van der Waals surface area contributed by atoms with Crippen LogP contribution < -0.4 is 10.6 Å². The number of rotatable bonds is 6. The zero-order chi connectivity index (χ0) is 13.5. The molecule has 2 N–H and O–H groups in total. The Labute approximate surface area is 112 Å². The highest BCUT2D eigenvalue weighted by Gasteiger charge is 2.22. The van der Waals surface area contributed by atoms with Crippen molar-refractivity contribution < 1.29 is 4.79 Å². The first-order chi connectivity index (χ1) is 8.50. The fourth-order valence-electron chi connectivity index (χ4n) is 2.66. The van der Waals surface area contributed by atoms with Gasteiger partial charge in [-0.25, -0.2) is 0 Å². The van der Waals surface area contributed by atoms with E-state index in [1.165, 1.54) is 25.7 Å². The first-order valence-corrected chi connectivity index (χ1v) is 7.51. The summed E-state index contributed by atoms with van der Waals surface area (Å²) in [6.45, 7) is 10.2. The van der Waals surface area contributed by atoms with Crippen LogP contribution in [-0.4, -0.2) is 25.0 Å². The SMILES string of the molecule is CC(C)C(=O)NCCNC1CCC(C(C)C)CC1. The van der Waals surface area contributed by atoms with Crippen LogP contribution in [0.15, 0.2) is 0 Å². The molecule has 0 aromatic rings. The summed E-state index contributed by atoms with van der Waals surface area (Å²) in [6, 6.07) is 0.663. The minimum Gasteiger partial charge on any atom is -0.355 e. The van der Waals surface area contributed by atoms with Gasteiger partial charge in [0.15, 0.2) is 0 Å². The molecule has 0 saturated heterocycles. The normalized spacial score (nSPS) is 24.6. The molecule has 0 heterocycles. The molecule has 0 bridgehead atoms. The maximum absolute atomic E-state index is 11.4. The van der Waals surface area contributed by atoms with E-state index in [0.29, 0.717) is 6.04 Å². The standard InChI is InChI=1S/C15H30N2O/c1-11(2)13-5-7-14(8-6-13)16-9-10-17-15(18)12(3)4/h11-14,16H,5-10H2,1-4H3,(H,17,18). The van der Waals surface area contributed by atoms with Crippen LogP contribution >= 0.6 is 0 Å². The summed E-state index contributed by atoms with van der Waals surface area (Å²) in [4.78, 5) is 11.4. The number of nitrogens with one attached hydrogen (secondary N) is 2. The molecule has 3 nitrogen and oxygen atoms in total. The van der Waals surface area contributed by atoms with Gasteiger partial charge in [0.25, 0.3) is 0 Å². The van der Waals surface area contributed by atoms with Crippen LogP contribution in [0.4, 0.5) is 0 Å². The molecule has 18 heavy (non-hydrogen) atoms. The minimum atomic E-state index is 0.0893. The first-order valence-electron chi connectivity index (χ1n) is 7.51. The van der Waals surface area contributed by atoms with Crippen molar-refractivity contribution in [2.75, 3.05) is 13.1 Å². The second-order valence-corrected chi connectivity index (χ2v) is 6.26. The van der Waals surface area contributed by atoms with E-state index in [1.54, 1.807) is 0 Å². The molecule has 0 unspecified atom stereocenters. The van der Waals surface area contributed by atoms with Gasteiger partial charge >= 0.3 is 0 Å². The number of amides is 1. The third-order valence-electron chi connectivity index (χ3n) is 4.10. The van der Waals surface area contributed by atoms with Crippen LogP contribution in [0.5, 0.6) is 0 Å². The zero-order valence-corrected chi connectivity index (χ0v) is 12.5. The fraction of sp³-hybridized carbons (Fsp3) is 0.933. The topological polar surface area (TPSA) is 41.1 Å². The highest BCUT2D eigenvalue weighted by Crippen LogP contribution is 2.29. The minimum absolute atomic E-state index is 0.0893. The highest BCUT2D eigenvalue weighted by atomic mass is 16.1. The van der Waals surface area contributed by atoms with E-state index in [0.717, 1.165) is 24.9 Å². The average molecular weight is 254 g/mol. The van der Waals surface area contributed by atoms with Gasteiger partial charge in [-0.1, -0.05) is 27.7 Å². The Morgan fingerprint density at radius 3 is 2.17 bits per heavy atom. The Kier molecular flexibility index (Phi) is 6.69. The number of hydrogen-bond acceptors (Lipinski definition) is 2. The number of carbonyl (C=O) groups is 1. The Morgan fingerprint density at radius 1 is 1.06 bits per heavy atom. The van der Waals surface area contributed by atoms with Gasteiger partial charge in [0, 0.05) is 25.0 Å². The lowest BCUT2D eigenvalue weighted by atomic mass is 9.80. The van der Waals surface area contributed by atoms with E-state index < -0.39 is 0 Å². The Bertz CT molecular complexity index is 243. The van der Waals surface area contributed by atoms with Crippen molar-refractivity contribution in [2.45, 2.75) is 59.4 Å². The quantitative estimate of drug-likeness (QED) is 0.715. The number of carbonyl (C=O) groups excluding carboxylic acids is 1. The lowest BCUT2D eigenvalue weighted by Crippen LogP contribution is -2.40. The van der Waals surface area contributed by atoms with Crippen molar-refractivity contribution >= 4 is 5.91 Å². The lowest BCUT2D eigenvalue weighted by molar-refractivity contribution is -0.123. The van der Waals surface area contributed by atoms with Gasteiger partial charge in [0.2, 0.25) is 5.91 Å². The predicted molar refractivity (Wildman–Crippen MR) is 76.4 cm³/mol. The van der Waals surface area contributed by atoms with Gasteiger partial charge in [-0.15, -0.1) is 0 Å². The summed E-state index contributed by atoms with van der Waals surface area (Å²) in [5.74, 6) is 1.99. The molecule has 0 atom stereocenters. The van der Waals surface area contributed by atoms with Gasteiger partial charge < -0.3 is 10.6 Å². The molecule has 3 heteroatoms. The summed E-state index contributed by atoms with van der Waals surface area (Å²) < 4.78 is 0. The van der Waals surface area contributed by atoms with E-state index in [9.17, 15) is 4.79 Å². The molecule has 1 aliphatic rings. The van der Waals surface area contributed by atoms with Gasteiger partial charge in [-0.2, -0.15) is 0 Å². The van der Waals surface area contributed by atoms with Crippen LogP contribution in [0.25, 0.3) is 0 Å². The summed E-state index contributed by atoms with van der Waals surface area (Å²) in [5.41, 5.74) is 0. The summed E-state index contributed by atoms with van der Waals surface area (Å²) >= 11 is 0. The van der Waals surface area contributed by atoms with E-state index in [-0.39, 0.29) is 11.8 Å². The monoisotopic (exact) mass is 254 g/mol. The van der Waals surface area contributed by atoms with Crippen LogP contribution in [0.3, 0.4) is 0 Å². The third kappa shape index (κ3) is 5.38. The fourth-order valence-corrected chi connectivity index (χ4v) is 2.66. The lowest BCUT2D eigenvalue weighted by Gasteiger charge is -2.31. The molecule has 1 aliphatic carbocycles. The second-order valence-electron chi connectivity index (χ2n) is 6.26. The Hall–Kier alpha value is -0.570. The third-order valence-corrected chi connectivity index (χ3v) is 4.10. The van der Waals surface area contributed by atoms with Crippen molar-refractivity contribution in [1.29, 1.82) is 0 Å². The smallest absolute Gasteiger partial charge is 0.222 e. The molecule has 106 valence electrons. The largest absolute Gasteiger partial charge is 0.355 e. The molecule has 0 radical (unpaired) electrons. The van der Waals surface area contributed by atoms with Crippen LogP contribution in [0.2, 0.25) is 0 Å². The van der Waals surface area contributed by atoms with E-state index in [2.05, 4.69) is 24.5 Å². The summed E-state index contributed by atoms with van der Waals surface area (Å²) in [6.07, 6.45) is 5.29. The molecule has 0 spiro atoms. The van der Waals surface area contributed by atoms with Crippen LogP contribution in [-0.2, 0) is 4.79 Å². The van der Waals surface area contributed by atoms with Crippen molar-refractivity contribution in [3.8, 4) is 0 Å². The Morgan fingerprint density at radius 2 is 1.67 bits per heavy atom. The molecular weight excluding hydrogens is 224 g/mol. The van der Waals surface area contributed by atoms with Gasteiger partial charge in [-0.05, 0) is 37.5 Å². The van der Waals surface area contributed by atoms with E-state index in [4.69, 9.17) is 0 Å². The maximum atomic E-state index is 11.4. The van der Waals surface area contributed by atoms with E-state index in [1.807, 2.05) is 13.8 Å². The summed E-state index contributed by atoms with van der Waals surface area (Å²) in [5, 5.41) is 6.51. The molecular formula is C15H30N2O. The van der Waals surface area contributed by atoms with Crippen molar-refractivity contribution in [3.63, 3.8) is 0 Å². The number of hydrogen-bond donors (Lipinski definition) is 2. The molecule has 0 aliphatic heterocycles. The first kappa shape index (κ1) is 15.5. The highest BCUT2D eigenvalue weighted by molar-refractivity contribution is 5.77. The van der Waals surface area contributed by atoms with Gasteiger partial charge in [-0.3, -0.25) is 4.79 Å². The van der Waals surface area contributed by atoms with Gasteiger partial charge in [0.05, 0.1) is 0 Å². The maximum Gasteiger partial charge on any atom is 0.222 e. The average Bonchev–Trinajstić information content (AvgIpc) is 2.34. The van der Waals surface area contributed by atoms with Crippen molar-refractivity contribution in [1.82, 2.24) is 10.6 Å². The predicted octanol–water partition coefficient (Wildman–Crippen LogP) is 2.56. The van der Waals surface area contributed by atoms with E-state index >= 15 is 0 Å². The molecule has 1 rings (SSSR count). The summed E-state index contributed by atoms with van der Waals surface area (Å²) in [7, 11) is 0. The molecule has 1 saturated carbocycles.